The summed E-state index contributed by atoms with van der Waals surface area (Å²) < 4.78 is 0. The first-order valence-electron chi connectivity index (χ1n) is 5.54. The summed E-state index contributed by atoms with van der Waals surface area (Å²) in [5, 5.41) is 0.170. The molecule has 0 heterocycles. The minimum absolute atomic E-state index is 0.0743. The Balaban J connectivity index is 2.42. The van der Waals surface area contributed by atoms with E-state index < -0.39 is 10.8 Å². The van der Waals surface area contributed by atoms with E-state index in [1.165, 1.54) is 0 Å². The Bertz CT molecular complexity index is 528. The molecular weight excluding hydrogens is 267 g/mol. The van der Waals surface area contributed by atoms with E-state index in [1.807, 2.05) is 12.2 Å². The topological polar surface area (TPSA) is 17.1 Å². The van der Waals surface area contributed by atoms with Crippen LogP contribution in [-0.4, -0.2) is 11.2 Å². The lowest BCUT2D eigenvalue weighted by Crippen LogP contribution is -2.36. The van der Waals surface area contributed by atoms with Crippen LogP contribution in [-0.2, 0) is 0 Å². The third-order valence-corrected chi connectivity index (χ3v) is 3.82. The molecule has 0 radical (unpaired) electrons. The van der Waals surface area contributed by atoms with Gasteiger partial charge < -0.3 is 0 Å². The molecule has 0 fully saturated rings. The van der Waals surface area contributed by atoms with Crippen molar-refractivity contribution in [3.63, 3.8) is 0 Å². The zero-order chi connectivity index (χ0) is 13.2. The molecule has 0 saturated carbocycles. The number of hydrogen-bond acceptors (Lipinski definition) is 1. The molecule has 0 saturated heterocycles. The van der Waals surface area contributed by atoms with E-state index in [0.717, 1.165) is 0 Å². The van der Waals surface area contributed by atoms with E-state index in [0.29, 0.717) is 10.6 Å². The van der Waals surface area contributed by atoms with Crippen molar-refractivity contribution in [2.75, 3.05) is 0 Å². The Morgan fingerprint density at radius 1 is 1.28 bits per heavy atom. The van der Waals surface area contributed by atoms with Gasteiger partial charge in [-0.3, -0.25) is 4.79 Å². The highest BCUT2D eigenvalue weighted by atomic mass is 35.5. The number of halogens is 2. The monoisotopic (exact) mass is 278 g/mol. The van der Waals surface area contributed by atoms with Gasteiger partial charge in [-0.05, 0) is 24.3 Å². The van der Waals surface area contributed by atoms with Crippen LogP contribution < -0.4 is 0 Å². The largest absolute Gasteiger partial charge is 0.293 e. The third kappa shape index (κ3) is 2.16. The van der Waals surface area contributed by atoms with Gasteiger partial charge in [0.15, 0.2) is 5.78 Å². The maximum absolute atomic E-state index is 12.6. The molecule has 0 amide bonds. The van der Waals surface area contributed by atoms with Crippen LogP contribution in [0, 0.1) is 5.41 Å². The lowest BCUT2D eigenvalue weighted by Gasteiger charge is -2.30. The lowest BCUT2D eigenvalue weighted by atomic mass is 9.75. The maximum atomic E-state index is 12.6. The predicted molar refractivity (Wildman–Crippen MR) is 76.3 cm³/mol. The van der Waals surface area contributed by atoms with Crippen LogP contribution >= 0.6 is 23.2 Å². The van der Waals surface area contributed by atoms with Gasteiger partial charge in [0.05, 0.1) is 10.8 Å². The van der Waals surface area contributed by atoms with Gasteiger partial charge in [-0.25, -0.2) is 0 Å². The van der Waals surface area contributed by atoms with Crippen molar-refractivity contribution in [3.05, 3.63) is 71.8 Å². The Hall–Kier alpha value is -1.31. The smallest absolute Gasteiger partial charge is 0.178 e. The second-order valence-electron chi connectivity index (χ2n) is 4.12. The summed E-state index contributed by atoms with van der Waals surface area (Å²) in [6, 6.07) is 6.78. The number of Topliss-reactive ketones (excluding diaryl/α,β-unsaturated/α-hetero) is 1. The molecular formula is C15H12Cl2O. The summed E-state index contributed by atoms with van der Waals surface area (Å²) in [5.41, 5.74) is -0.311. The standard InChI is InChI=1S/C15H12Cl2O/c1-2-15(10-4-3-5-13(15)17)14(18)11-6-8-12(16)9-7-11/h2-10,13H,1H2. The van der Waals surface area contributed by atoms with Gasteiger partial charge in [0.25, 0.3) is 0 Å². The molecule has 2 rings (SSSR count). The van der Waals surface area contributed by atoms with Crippen LogP contribution in [0.2, 0.25) is 5.02 Å². The van der Waals surface area contributed by atoms with Gasteiger partial charge in [0.2, 0.25) is 0 Å². The summed E-state index contributed by atoms with van der Waals surface area (Å²) in [4.78, 5) is 12.6. The average Bonchev–Trinajstić information content (AvgIpc) is 2.40. The van der Waals surface area contributed by atoms with Crippen molar-refractivity contribution in [3.8, 4) is 0 Å². The van der Waals surface area contributed by atoms with E-state index in [9.17, 15) is 4.79 Å². The van der Waals surface area contributed by atoms with Crippen molar-refractivity contribution in [1.29, 1.82) is 0 Å². The molecule has 1 aromatic carbocycles. The third-order valence-electron chi connectivity index (χ3n) is 3.06. The molecule has 3 heteroatoms. The molecule has 92 valence electrons. The SMILES string of the molecule is C=CC1(C(=O)c2ccc(Cl)cc2)C=CC=CC1Cl. The van der Waals surface area contributed by atoms with Crippen LogP contribution in [0.5, 0.6) is 0 Å². The first-order valence-corrected chi connectivity index (χ1v) is 6.35. The second-order valence-corrected chi connectivity index (χ2v) is 5.03. The molecule has 1 aliphatic carbocycles. The molecule has 1 aliphatic rings. The van der Waals surface area contributed by atoms with E-state index in [1.54, 1.807) is 42.5 Å². The number of rotatable bonds is 3. The van der Waals surface area contributed by atoms with Gasteiger partial charge in [-0.15, -0.1) is 18.2 Å². The number of carbonyl (C=O) groups is 1. The highest BCUT2D eigenvalue weighted by molar-refractivity contribution is 6.30. The van der Waals surface area contributed by atoms with Crippen LogP contribution in [0.25, 0.3) is 0 Å². The summed E-state index contributed by atoms with van der Waals surface area (Å²) in [7, 11) is 0. The fraction of sp³-hybridized carbons (Fsp3) is 0.133. The molecule has 2 unspecified atom stereocenters. The van der Waals surface area contributed by atoms with Crippen molar-refractivity contribution < 1.29 is 4.79 Å². The molecule has 18 heavy (non-hydrogen) atoms. The highest BCUT2D eigenvalue weighted by Crippen LogP contribution is 2.37. The highest BCUT2D eigenvalue weighted by Gasteiger charge is 2.40. The predicted octanol–water partition coefficient (Wildman–Crippen LogP) is 4.43. The fourth-order valence-corrected chi connectivity index (χ4v) is 2.42. The van der Waals surface area contributed by atoms with Gasteiger partial charge >= 0.3 is 0 Å². The van der Waals surface area contributed by atoms with Crippen LogP contribution in [0.15, 0.2) is 61.2 Å². The number of hydrogen-bond donors (Lipinski definition) is 0. The van der Waals surface area contributed by atoms with E-state index >= 15 is 0 Å². The zero-order valence-electron chi connectivity index (χ0n) is 9.64. The fourth-order valence-electron chi connectivity index (χ4n) is 1.95. The van der Waals surface area contributed by atoms with Crippen molar-refractivity contribution >= 4 is 29.0 Å². The molecule has 0 spiro atoms. The number of carbonyl (C=O) groups excluding carboxylic acids is 1. The summed E-state index contributed by atoms with van der Waals surface area (Å²) in [6.45, 7) is 3.75. The first kappa shape index (κ1) is 13.1. The number of benzene rings is 1. The van der Waals surface area contributed by atoms with E-state index in [-0.39, 0.29) is 5.78 Å². The maximum Gasteiger partial charge on any atom is 0.178 e. The van der Waals surface area contributed by atoms with Crippen molar-refractivity contribution in [1.82, 2.24) is 0 Å². The van der Waals surface area contributed by atoms with Crippen molar-refractivity contribution in [2.24, 2.45) is 5.41 Å². The lowest BCUT2D eigenvalue weighted by molar-refractivity contribution is 0.0898. The average molecular weight is 279 g/mol. The van der Waals surface area contributed by atoms with E-state index in [2.05, 4.69) is 6.58 Å². The number of allylic oxidation sites excluding steroid dienone is 5. The Labute approximate surface area is 116 Å². The molecule has 0 aromatic heterocycles. The molecule has 1 nitrogen and oxygen atoms in total. The molecule has 0 bridgehead atoms. The van der Waals surface area contributed by atoms with Crippen LogP contribution in [0.3, 0.4) is 0 Å². The number of alkyl halides is 1. The Morgan fingerprint density at radius 2 is 1.94 bits per heavy atom. The molecule has 0 aliphatic heterocycles. The van der Waals surface area contributed by atoms with Gasteiger partial charge in [-0.1, -0.05) is 42.0 Å². The Morgan fingerprint density at radius 3 is 2.50 bits per heavy atom. The quantitative estimate of drug-likeness (QED) is 0.454. The minimum Gasteiger partial charge on any atom is -0.293 e. The van der Waals surface area contributed by atoms with E-state index in [4.69, 9.17) is 23.2 Å². The summed E-state index contributed by atoms with van der Waals surface area (Å²) in [6.07, 6.45) is 8.82. The normalized spacial score (nSPS) is 26.0. The molecule has 1 aromatic rings. The molecule has 0 N–H and O–H groups in total. The van der Waals surface area contributed by atoms with Gasteiger partial charge in [0.1, 0.15) is 0 Å². The minimum atomic E-state index is -0.885. The Kier molecular flexibility index (Phi) is 3.74. The van der Waals surface area contributed by atoms with Crippen LogP contribution in [0.4, 0.5) is 0 Å². The first-order chi connectivity index (χ1) is 8.60. The van der Waals surface area contributed by atoms with Crippen molar-refractivity contribution in [2.45, 2.75) is 5.38 Å². The number of ketones is 1. The van der Waals surface area contributed by atoms with Crippen LogP contribution in [0.1, 0.15) is 10.4 Å². The molecule has 2 atom stereocenters. The summed E-state index contributed by atoms with van der Waals surface area (Å²) in [5.74, 6) is -0.0743. The summed E-state index contributed by atoms with van der Waals surface area (Å²) >= 11 is 12.1. The van der Waals surface area contributed by atoms with Gasteiger partial charge in [0, 0.05) is 10.6 Å². The zero-order valence-corrected chi connectivity index (χ0v) is 11.2. The van der Waals surface area contributed by atoms with Gasteiger partial charge in [-0.2, -0.15) is 0 Å². The second kappa shape index (κ2) is 5.13.